The van der Waals surface area contributed by atoms with E-state index in [-0.39, 0.29) is 23.6 Å². The summed E-state index contributed by atoms with van der Waals surface area (Å²) in [4.78, 5) is 49.3. The number of hydrogen-bond donors (Lipinski definition) is 0. The van der Waals surface area contributed by atoms with Crippen LogP contribution >= 0.6 is 22.9 Å². The van der Waals surface area contributed by atoms with E-state index in [1.807, 2.05) is 49.4 Å². The van der Waals surface area contributed by atoms with Crippen LogP contribution in [0.1, 0.15) is 11.1 Å². The van der Waals surface area contributed by atoms with Crippen molar-refractivity contribution < 1.29 is 4.79 Å². The molecule has 5 aromatic rings. The van der Waals surface area contributed by atoms with Crippen LogP contribution in [0.4, 0.5) is 5.13 Å². The van der Waals surface area contributed by atoms with Crippen molar-refractivity contribution >= 4 is 55.4 Å². The van der Waals surface area contributed by atoms with Crippen LogP contribution in [0.15, 0.2) is 58.4 Å². The molecule has 0 bridgehead atoms. The number of anilines is 1. The molecule has 9 nitrogen and oxygen atoms in total. The molecular weight excluding hydrogens is 488 g/mol. The van der Waals surface area contributed by atoms with E-state index >= 15 is 0 Å². The smallest absolute Gasteiger partial charge is 0.315 e. The summed E-state index contributed by atoms with van der Waals surface area (Å²) in [5, 5.41) is 1.14. The number of aryl methyl sites for hydroxylation is 2. The zero-order valence-electron chi connectivity index (χ0n) is 19.2. The van der Waals surface area contributed by atoms with Crippen LogP contribution in [0, 0.1) is 6.92 Å². The maximum Gasteiger partial charge on any atom is 0.332 e. The highest BCUT2D eigenvalue weighted by molar-refractivity contribution is 7.22. The second-order valence-corrected chi connectivity index (χ2v) is 9.65. The molecule has 0 aliphatic carbocycles. The minimum atomic E-state index is -0.506. The summed E-state index contributed by atoms with van der Waals surface area (Å²) in [6.07, 6.45) is 1.41. The number of carbonyl (C=O) groups excluding carboxylic acids is 1. The molecule has 178 valence electrons. The van der Waals surface area contributed by atoms with Gasteiger partial charge in [0.25, 0.3) is 5.56 Å². The number of carbonyl (C=O) groups is 1. The lowest BCUT2D eigenvalue weighted by Crippen LogP contribution is -2.38. The minimum Gasteiger partial charge on any atom is -0.315 e. The van der Waals surface area contributed by atoms with Crippen molar-refractivity contribution in [1.82, 2.24) is 23.7 Å². The molecule has 0 fully saturated rings. The highest BCUT2D eigenvalue weighted by Crippen LogP contribution is 2.34. The molecule has 0 spiro atoms. The van der Waals surface area contributed by atoms with Gasteiger partial charge in [0, 0.05) is 19.1 Å². The van der Waals surface area contributed by atoms with E-state index in [0.717, 1.165) is 25.9 Å². The molecule has 11 heteroatoms. The van der Waals surface area contributed by atoms with Gasteiger partial charge in [-0.15, -0.1) is 0 Å². The molecule has 0 saturated carbocycles. The van der Waals surface area contributed by atoms with Crippen molar-refractivity contribution in [3.8, 4) is 0 Å². The van der Waals surface area contributed by atoms with Gasteiger partial charge in [0.1, 0.15) is 6.54 Å². The van der Waals surface area contributed by atoms with Gasteiger partial charge in [0.2, 0.25) is 5.91 Å². The second kappa shape index (κ2) is 8.79. The fourth-order valence-electron chi connectivity index (χ4n) is 3.98. The fraction of sp³-hybridized carbons (Fsp3) is 0.208. The Hall–Kier alpha value is -3.76. The van der Waals surface area contributed by atoms with E-state index in [9.17, 15) is 14.4 Å². The number of amides is 1. The number of rotatable bonds is 5. The van der Waals surface area contributed by atoms with Crippen LogP contribution in [0.25, 0.3) is 21.4 Å². The first-order chi connectivity index (χ1) is 16.8. The van der Waals surface area contributed by atoms with Gasteiger partial charge in [-0.3, -0.25) is 23.6 Å². The van der Waals surface area contributed by atoms with Gasteiger partial charge in [0.05, 0.1) is 23.1 Å². The Labute approximate surface area is 208 Å². The average Bonchev–Trinajstić information content (AvgIpc) is 3.48. The van der Waals surface area contributed by atoms with Gasteiger partial charge < -0.3 is 4.57 Å². The summed E-state index contributed by atoms with van der Waals surface area (Å²) in [6.45, 7) is 2.05. The van der Waals surface area contributed by atoms with Crippen LogP contribution < -0.4 is 16.1 Å². The molecule has 3 heterocycles. The number of fused-ring (bicyclic) bond motifs is 2. The first-order valence-corrected chi connectivity index (χ1v) is 12.0. The predicted molar refractivity (Wildman–Crippen MR) is 137 cm³/mol. The van der Waals surface area contributed by atoms with Crippen LogP contribution in [-0.4, -0.2) is 29.6 Å². The monoisotopic (exact) mass is 508 g/mol. The molecule has 0 saturated heterocycles. The zero-order valence-corrected chi connectivity index (χ0v) is 20.8. The molecule has 0 radical (unpaired) electrons. The summed E-state index contributed by atoms with van der Waals surface area (Å²) in [5.41, 5.74) is 1.97. The first-order valence-electron chi connectivity index (χ1n) is 10.8. The van der Waals surface area contributed by atoms with Gasteiger partial charge in [-0.25, -0.2) is 14.8 Å². The summed E-state index contributed by atoms with van der Waals surface area (Å²) >= 11 is 7.69. The number of imidazole rings is 1. The van der Waals surface area contributed by atoms with Crippen LogP contribution in [0.5, 0.6) is 0 Å². The Bertz CT molecular complexity index is 1720. The second-order valence-electron chi connectivity index (χ2n) is 8.23. The molecule has 0 N–H and O–H groups in total. The summed E-state index contributed by atoms with van der Waals surface area (Å²) < 4.78 is 4.70. The molecule has 1 amide bonds. The van der Waals surface area contributed by atoms with Gasteiger partial charge in [-0.1, -0.05) is 53.3 Å². The van der Waals surface area contributed by atoms with E-state index in [1.54, 1.807) is 11.9 Å². The first kappa shape index (κ1) is 23.0. The van der Waals surface area contributed by atoms with Crippen molar-refractivity contribution in [3.05, 3.63) is 85.8 Å². The minimum absolute atomic E-state index is 0.146. The number of nitrogens with zero attached hydrogens (tertiary/aromatic N) is 6. The molecular formula is C24H21ClN6O3S. The normalized spacial score (nSPS) is 11.4. The third kappa shape index (κ3) is 3.94. The van der Waals surface area contributed by atoms with Gasteiger partial charge in [-0.2, -0.15) is 0 Å². The van der Waals surface area contributed by atoms with Crippen LogP contribution in [-0.2, 0) is 32.0 Å². The predicted octanol–water partition coefficient (Wildman–Crippen LogP) is 3.24. The Balaban J connectivity index is 1.59. The third-order valence-corrected chi connectivity index (χ3v) is 7.43. The standard InChI is InChI=1S/C24H21ClN6O3S/c1-14-16(25)9-10-17-19(14)27-23(35-17)31(11-15-7-5-4-6-8-15)18(32)12-30-13-26-21-20(30)22(33)29(3)24(34)28(21)2/h4-10,13H,11-12H2,1-3H3. The van der Waals surface area contributed by atoms with Gasteiger partial charge >= 0.3 is 5.69 Å². The van der Waals surface area contributed by atoms with Crippen molar-refractivity contribution in [2.75, 3.05) is 4.90 Å². The topological polar surface area (TPSA) is 95.0 Å². The van der Waals surface area contributed by atoms with Crippen LogP contribution in [0.3, 0.4) is 0 Å². The highest BCUT2D eigenvalue weighted by Gasteiger charge is 2.23. The Morgan fingerprint density at radius 2 is 1.83 bits per heavy atom. The number of hydrogen-bond acceptors (Lipinski definition) is 6. The fourth-order valence-corrected chi connectivity index (χ4v) is 5.17. The molecule has 0 unspecified atom stereocenters. The molecule has 2 aromatic carbocycles. The van der Waals surface area contributed by atoms with Crippen molar-refractivity contribution in [2.24, 2.45) is 14.1 Å². The summed E-state index contributed by atoms with van der Waals surface area (Å²) in [7, 11) is 2.94. The average molecular weight is 509 g/mol. The van der Waals surface area contributed by atoms with Crippen molar-refractivity contribution in [3.63, 3.8) is 0 Å². The van der Waals surface area contributed by atoms with Gasteiger partial charge in [0.15, 0.2) is 16.3 Å². The molecule has 0 atom stereocenters. The zero-order chi connectivity index (χ0) is 24.9. The van der Waals surface area contributed by atoms with E-state index < -0.39 is 11.2 Å². The van der Waals surface area contributed by atoms with Crippen molar-refractivity contribution in [1.29, 1.82) is 0 Å². The number of halogens is 1. The van der Waals surface area contributed by atoms with E-state index in [0.29, 0.717) is 16.7 Å². The molecule has 35 heavy (non-hydrogen) atoms. The lowest BCUT2D eigenvalue weighted by molar-refractivity contribution is -0.119. The molecule has 5 rings (SSSR count). The summed E-state index contributed by atoms with van der Waals surface area (Å²) in [5.74, 6) is -0.271. The van der Waals surface area contributed by atoms with E-state index in [4.69, 9.17) is 16.6 Å². The quantitative estimate of drug-likeness (QED) is 0.363. The number of thiazole rings is 1. The summed E-state index contributed by atoms with van der Waals surface area (Å²) in [6, 6.07) is 13.3. The van der Waals surface area contributed by atoms with E-state index in [1.165, 1.54) is 33.8 Å². The third-order valence-electron chi connectivity index (χ3n) is 5.97. The Kier molecular flexibility index (Phi) is 5.78. The van der Waals surface area contributed by atoms with Crippen LogP contribution in [0.2, 0.25) is 5.02 Å². The largest absolute Gasteiger partial charge is 0.332 e. The molecule has 0 aliphatic heterocycles. The maximum atomic E-state index is 13.7. The molecule has 3 aromatic heterocycles. The number of benzene rings is 2. The number of aromatic nitrogens is 5. The van der Waals surface area contributed by atoms with E-state index in [2.05, 4.69) is 4.98 Å². The highest BCUT2D eigenvalue weighted by atomic mass is 35.5. The Morgan fingerprint density at radius 3 is 2.57 bits per heavy atom. The Morgan fingerprint density at radius 1 is 1.09 bits per heavy atom. The lowest BCUT2D eigenvalue weighted by atomic mass is 10.2. The maximum absolute atomic E-state index is 13.7. The molecule has 0 aliphatic rings. The lowest BCUT2D eigenvalue weighted by Gasteiger charge is -2.20. The van der Waals surface area contributed by atoms with Gasteiger partial charge in [-0.05, 0) is 30.2 Å². The SMILES string of the molecule is Cc1c(Cl)ccc2sc(N(Cc3ccccc3)C(=O)Cn3cnc4c3c(=O)n(C)c(=O)n4C)nc12. The van der Waals surface area contributed by atoms with Crippen molar-refractivity contribution in [2.45, 2.75) is 20.0 Å².